The van der Waals surface area contributed by atoms with Crippen LogP contribution >= 0.6 is 12.4 Å². The number of methoxy groups -OCH3 is 1. The molecule has 3 aliphatic rings. The third-order valence-corrected chi connectivity index (χ3v) is 6.82. The number of benzene rings is 1. The van der Waals surface area contributed by atoms with E-state index in [2.05, 4.69) is 11.0 Å². The summed E-state index contributed by atoms with van der Waals surface area (Å²) < 4.78 is 12.0. The SMILES string of the molecule is COC1(c2cccc(C(N)=O)c2)[C@@H]2CCC[C@H]1CN([C@H]1CCCOC1)C2.Cl. The Morgan fingerprint density at radius 2 is 1.96 bits per heavy atom. The van der Waals surface area contributed by atoms with E-state index in [4.69, 9.17) is 15.2 Å². The third-order valence-electron chi connectivity index (χ3n) is 6.82. The minimum absolute atomic E-state index is 0. The molecule has 0 spiro atoms. The van der Waals surface area contributed by atoms with E-state index in [0.717, 1.165) is 51.1 Å². The van der Waals surface area contributed by atoms with Crippen LogP contribution < -0.4 is 5.73 Å². The molecular formula is C21H31ClN2O3. The van der Waals surface area contributed by atoms with Gasteiger partial charge in [-0.15, -0.1) is 12.4 Å². The number of carbonyl (C=O) groups excluding carboxylic acids is 1. The number of nitrogens with zero attached hydrogens (tertiary/aromatic N) is 1. The van der Waals surface area contributed by atoms with Crippen molar-refractivity contribution in [2.75, 3.05) is 33.4 Å². The van der Waals surface area contributed by atoms with Gasteiger partial charge in [0.1, 0.15) is 5.60 Å². The molecule has 2 aliphatic heterocycles. The van der Waals surface area contributed by atoms with Crippen LogP contribution in [0.2, 0.25) is 0 Å². The minimum Gasteiger partial charge on any atom is -0.380 e. The van der Waals surface area contributed by atoms with Crippen molar-refractivity contribution in [3.05, 3.63) is 35.4 Å². The van der Waals surface area contributed by atoms with Crippen molar-refractivity contribution in [1.29, 1.82) is 0 Å². The first-order valence-corrected chi connectivity index (χ1v) is 9.92. The number of hydrogen-bond donors (Lipinski definition) is 1. The number of hydrogen-bond acceptors (Lipinski definition) is 4. The van der Waals surface area contributed by atoms with Gasteiger partial charge in [0.05, 0.1) is 6.61 Å². The highest BCUT2D eigenvalue weighted by Crippen LogP contribution is 2.52. The van der Waals surface area contributed by atoms with Crippen LogP contribution in [0.3, 0.4) is 0 Å². The number of ether oxygens (including phenoxy) is 2. The minimum atomic E-state index is -0.375. The molecule has 5 nitrogen and oxygen atoms in total. The molecule has 2 saturated heterocycles. The van der Waals surface area contributed by atoms with Gasteiger partial charge in [-0.1, -0.05) is 18.6 Å². The van der Waals surface area contributed by atoms with Crippen molar-refractivity contribution in [1.82, 2.24) is 4.90 Å². The average molecular weight is 395 g/mol. The molecule has 4 atom stereocenters. The molecule has 1 aromatic rings. The predicted octanol–water partition coefficient (Wildman–Crippen LogP) is 2.96. The Bertz CT molecular complexity index is 649. The van der Waals surface area contributed by atoms with Crippen LogP contribution in [0, 0.1) is 11.8 Å². The first kappa shape index (κ1) is 20.6. The molecule has 1 unspecified atom stereocenters. The molecule has 27 heavy (non-hydrogen) atoms. The lowest BCUT2D eigenvalue weighted by Gasteiger charge is -2.57. The lowest BCUT2D eigenvalue weighted by atomic mass is 9.62. The van der Waals surface area contributed by atoms with E-state index in [1.807, 2.05) is 19.2 Å². The number of fused-ring (bicyclic) bond motifs is 2. The zero-order valence-electron chi connectivity index (χ0n) is 16.1. The Kier molecular flexibility index (Phi) is 6.46. The van der Waals surface area contributed by atoms with Crippen LogP contribution in [-0.2, 0) is 15.1 Å². The Hall–Kier alpha value is -1.14. The summed E-state index contributed by atoms with van der Waals surface area (Å²) >= 11 is 0. The first-order chi connectivity index (χ1) is 12.6. The lowest BCUT2D eigenvalue weighted by Crippen LogP contribution is -2.61. The molecule has 150 valence electrons. The van der Waals surface area contributed by atoms with Crippen molar-refractivity contribution >= 4 is 18.3 Å². The van der Waals surface area contributed by atoms with Crippen LogP contribution in [0.15, 0.2) is 24.3 Å². The van der Waals surface area contributed by atoms with Crippen molar-refractivity contribution in [3.8, 4) is 0 Å². The normalized spacial score (nSPS) is 33.9. The maximum Gasteiger partial charge on any atom is 0.248 e. The molecule has 1 saturated carbocycles. The Balaban J connectivity index is 0.00000210. The van der Waals surface area contributed by atoms with E-state index in [0.29, 0.717) is 23.4 Å². The van der Waals surface area contributed by atoms with Gasteiger partial charge >= 0.3 is 0 Å². The molecule has 0 radical (unpaired) electrons. The number of rotatable bonds is 4. The van der Waals surface area contributed by atoms with Crippen molar-refractivity contribution in [2.45, 2.75) is 43.7 Å². The maximum absolute atomic E-state index is 11.7. The van der Waals surface area contributed by atoms with E-state index in [1.54, 1.807) is 6.07 Å². The van der Waals surface area contributed by atoms with Crippen molar-refractivity contribution in [2.24, 2.45) is 17.6 Å². The fourth-order valence-electron chi connectivity index (χ4n) is 5.62. The van der Waals surface area contributed by atoms with Crippen LogP contribution in [0.1, 0.15) is 48.0 Å². The fraction of sp³-hybridized carbons (Fsp3) is 0.667. The Morgan fingerprint density at radius 3 is 2.56 bits per heavy atom. The third kappa shape index (κ3) is 3.63. The maximum atomic E-state index is 11.7. The predicted molar refractivity (Wildman–Crippen MR) is 107 cm³/mol. The fourth-order valence-corrected chi connectivity index (χ4v) is 5.62. The van der Waals surface area contributed by atoms with Crippen LogP contribution in [-0.4, -0.2) is 50.3 Å². The zero-order chi connectivity index (χ0) is 18.1. The zero-order valence-corrected chi connectivity index (χ0v) is 16.9. The number of nitrogens with two attached hydrogens (primary N) is 1. The molecular weight excluding hydrogens is 364 g/mol. The van der Waals surface area contributed by atoms with Gasteiger partial charge in [-0.3, -0.25) is 9.69 Å². The number of amides is 1. The van der Waals surface area contributed by atoms with Crippen molar-refractivity contribution in [3.63, 3.8) is 0 Å². The van der Waals surface area contributed by atoms with E-state index >= 15 is 0 Å². The molecule has 2 bridgehead atoms. The molecule has 4 rings (SSSR count). The van der Waals surface area contributed by atoms with Gasteiger partial charge in [-0.2, -0.15) is 0 Å². The molecule has 1 aromatic carbocycles. The number of primary amides is 1. The summed E-state index contributed by atoms with van der Waals surface area (Å²) in [7, 11) is 1.83. The first-order valence-electron chi connectivity index (χ1n) is 9.92. The van der Waals surface area contributed by atoms with Gasteiger partial charge in [0, 0.05) is 50.2 Å². The lowest BCUT2D eigenvalue weighted by molar-refractivity contribution is -0.179. The van der Waals surface area contributed by atoms with Crippen LogP contribution in [0.5, 0.6) is 0 Å². The molecule has 2 N–H and O–H groups in total. The second-order valence-corrected chi connectivity index (χ2v) is 8.09. The van der Waals surface area contributed by atoms with Gasteiger partial charge in [0.25, 0.3) is 0 Å². The van der Waals surface area contributed by atoms with Gasteiger partial charge in [0.2, 0.25) is 5.91 Å². The number of halogens is 1. The summed E-state index contributed by atoms with van der Waals surface area (Å²) in [5.74, 6) is 0.496. The summed E-state index contributed by atoms with van der Waals surface area (Å²) in [5.41, 5.74) is 6.91. The molecule has 3 fully saturated rings. The highest BCUT2D eigenvalue weighted by Gasteiger charge is 2.54. The number of likely N-dealkylation sites (tertiary alicyclic amines) is 1. The average Bonchev–Trinajstić information content (AvgIpc) is 2.67. The Labute approximate surface area is 168 Å². The van der Waals surface area contributed by atoms with Gasteiger partial charge in [-0.05, 0) is 43.4 Å². The van der Waals surface area contributed by atoms with Gasteiger partial charge in [-0.25, -0.2) is 0 Å². The summed E-state index contributed by atoms with van der Waals surface area (Å²) in [6, 6.07) is 8.34. The molecule has 2 heterocycles. The molecule has 1 aliphatic carbocycles. The van der Waals surface area contributed by atoms with Crippen LogP contribution in [0.4, 0.5) is 0 Å². The quantitative estimate of drug-likeness (QED) is 0.852. The second kappa shape index (κ2) is 8.48. The number of carbonyl (C=O) groups is 1. The summed E-state index contributed by atoms with van der Waals surface area (Å²) in [5, 5.41) is 0. The Morgan fingerprint density at radius 1 is 1.22 bits per heavy atom. The van der Waals surface area contributed by atoms with Gasteiger partial charge in [0.15, 0.2) is 0 Å². The summed E-state index contributed by atoms with van der Waals surface area (Å²) in [6.07, 6.45) is 5.97. The second-order valence-electron chi connectivity index (χ2n) is 8.09. The van der Waals surface area contributed by atoms with E-state index in [9.17, 15) is 4.79 Å². The topological polar surface area (TPSA) is 64.8 Å². The van der Waals surface area contributed by atoms with E-state index in [1.165, 1.54) is 12.8 Å². The monoisotopic (exact) mass is 394 g/mol. The summed E-state index contributed by atoms with van der Waals surface area (Å²) in [4.78, 5) is 14.3. The molecule has 6 heteroatoms. The van der Waals surface area contributed by atoms with Crippen LogP contribution in [0.25, 0.3) is 0 Å². The van der Waals surface area contributed by atoms with E-state index in [-0.39, 0.29) is 23.9 Å². The number of piperidine rings is 1. The highest BCUT2D eigenvalue weighted by atomic mass is 35.5. The summed E-state index contributed by atoms with van der Waals surface area (Å²) in [6.45, 7) is 3.84. The van der Waals surface area contributed by atoms with E-state index < -0.39 is 0 Å². The molecule has 1 amide bonds. The highest BCUT2D eigenvalue weighted by molar-refractivity contribution is 5.92. The smallest absolute Gasteiger partial charge is 0.248 e. The van der Waals surface area contributed by atoms with Gasteiger partial charge < -0.3 is 15.2 Å². The largest absolute Gasteiger partial charge is 0.380 e. The standard InChI is InChI=1S/C21H30N2O3.ClH/c1-25-21(16-6-2-5-15(11-16)20(22)24)17-7-3-8-18(21)13-23(12-17)19-9-4-10-26-14-19;/h2,5-6,11,17-19H,3-4,7-10,12-14H2,1H3,(H2,22,24);1H/t17-,18+,19-,21?;/m0./s1. The molecule has 0 aromatic heterocycles. The van der Waals surface area contributed by atoms with Crippen molar-refractivity contribution < 1.29 is 14.3 Å².